The van der Waals surface area contributed by atoms with Crippen molar-refractivity contribution in [3.63, 3.8) is 0 Å². The molecule has 0 radical (unpaired) electrons. The lowest BCUT2D eigenvalue weighted by atomic mass is 10.3. The first kappa shape index (κ1) is 10.2. The Labute approximate surface area is 91.8 Å². The van der Waals surface area contributed by atoms with Crippen LogP contribution in [0.15, 0.2) is 42.6 Å². The highest BCUT2D eigenvalue weighted by molar-refractivity contribution is 5.44. The van der Waals surface area contributed by atoms with Crippen molar-refractivity contribution < 1.29 is 9.23 Å². The van der Waals surface area contributed by atoms with Gasteiger partial charge in [0.2, 0.25) is 0 Å². The molecule has 0 unspecified atom stereocenters. The van der Waals surface area contributed by atoms with Gasteiger partial charge in [0.1, 0.15) is 5.82 Å². The highest BCUT2D eigenvalue weighted by Crippen LogP contribution is 2.18. The molecule has 0 bridgehead atoms. The molecule has 1 aromatic carbocycles. The van der Waals surface area contributed by atoms with E-state index < -0.39 is 5.82 Å². The number of rotatable bonds is 3. The number of nitrogens with zero attached hydrogens (tertiary/aromatic N) is 1. The molecule has 82 valence electrons. The molecule has 0 saturated heterocycles. The number of halogens is 1. The SMILES string of the molecule is Nc1ccc(ONc2ccccn2)cc1F. The van der Waals surface area contributed by atoms with E-state index in [1.165, 1.54) is 12.1 Å². The Morgan fingerprint density at radius 3 is 2.81 bits per heavy atom. The molecule has 1 aromatic heterocycles. The molecule has 1 heterocycles. The van der Waals surface area contributed by atoms with Gasteiger partial charge in [0.05, 0.1) is 5.69 Å². The smallest absolute Gasteiger partial charge is 0.160 e. The first-order chi connectivity index (χ1) is 7.75. The van der Waals surface area contributed by atoms with E-state index in [4.69, 9.17) is 10.6 Å². The van der Waals surface area contributed by atoms with Gasteiger partial charge >= 0.3 is 0 Å². The van der Waals surface area contributed by atoms with Crippen LogP contribution in [-0.4, -0.2) is 4.98 Å². The lowest BCUT2D eigenvalue weighted by Gasteiger charge is -2.07. The normalized spacial score (nSPS) is 9.81. The summed E-state index contributed by atoms with van der Waals surface area (Å²) in [6, 6.07) is 9.52. The summed E-state index contributed by atoms with van der Waals surface area (Å²) in [5.74, 6) is 0.359. The number of hydrogen-bond acceptors (Lipinski definition) is 4. The van der Waals surface area contributed by atoms with Crippen LogP contribution in [0.1, 0.15) is 0 Å². The van der Waals surface area contributed by atoms with Crippen molar-refractivity contribution in [2.24, 2.45) is 0 Å². The van der Waals surface area contributed by atoms with Crippen LogP contribution in [0.2, 0.25) is 0 Å². The van der Waals surface area contributed by atoms with Crippen LogP contribution >= 0.6 is 0 Å². The van der Waals surface area contributed by atoms with Crippen molar-refractivity contribution in [2.75, 3.05) is 11.2 Å². The molecule has 0 aliphatic carbocycles. The zero-order chi connectivity index (χ0) is 11.4. The van der Waals surface area contributed by atoms with Crippen LogP contribution in [0.3, 0.4) is 0 Å². The Bertz CT molecular complexity index is 476. The third kappa shape index (κ3) is 2.38. The number of nitrogens with two attached hydrogens (primary N) is 1. The summed E-state index contributed by atoms with van der Waals surface area (Å²) in [6.07, 6.45) is 1.62. The first-order valence-corrected chi connectivity index (χ1v) is 4.64. The maximum atomic E-state index is 13.1. The topological polar surface area (TPSA) is 60.2 Å². The van der Waals surface area contributed by atoms with Gasteiger partial charge in [-0.2, -0.15) is 0 Å². The van der Waals surface area contributed by atoms with Crippen molar-refractivity contribution in [3.05, 3.63) is 48.4 Å². The van der Waals surface area contributed by atoms with E-state index in [1.807, 2.05) is 6.07 Å². The van der Waals surface area contributed by atoms with Crippen molar-refractivity contribution in [2.45, 2.75) is 0 Å². The van der Waals surface area contributed by atoms with Gasteiger partial charge in [-0.15, -0.1) is 0 Å². The third-order valence-corrected chi connectivity index (χ3v) is 1.91. The average Bonchev–Trinajstić information content (AvgIpc) is 2.32. The van der Waals surface area contributed by atoms with E-state index in [1.54, 1.807) is 24.4 Å². The largest absolute Gasteiger partial charge is 0.396 e. The summed E-state index contributed by atoms with van der Waals surface area (Å²) in [6.45, 7) is 0. The predicted molar refractivity (Wildman–Crippen MR) is 59.3 cm³/mol. The zero-order valence-electron chi connectivity index (χ0n) is 8.35. The van der Waals surface area contributed by atoms with Crippen LogP contribution in [-0.2, 0) is 0 Å². The molecule has 2 rings (SSSR count). The van der Waals surface area contributed by atoms with Crippen molar-refractivity contribution in [3.8, 4) is 5.75 Å². The van der Waals surface area contributed by atoms with Crippen LogP contribution < -0.4 is 16.1 Å². The minimum atomic E-state index is -0.514. The second-order valence-corrected chi connectivity index (χ2v) is 3.10. The number of hydrogen-bond donors (Lipinski definition) is 2. The Kier molecular flexibility index (Phi) is 2.86. The van der Waals surface area contributed by atoms with Gasteiger partial charge in [-0.1, -0.05) is 6.07 Å². The van der Waals surface area contributed by atoms with Crippen LogP contribution in [0.25, 0.3) is 0 Å². The number of anilines is 2. The lowest BCUT2D eigenvalue weighted by molar-refractivity contribution is 0.399. The molecule has 2 aromatic rings. The summed E-state index contributed by atoms with van der Waals surface area (Å²) in [5.41, 5.74) is 8.01. The molecule has 0 aliphatic rings. The molecule has 0 atom stereocenters. The Morgan fingerprint density at radius 2 is 2.12 bits per heavy atom. The molecule has 0 fully saturated rings. The van der Waals surface area contributed by atoms with Crippen LogP contribution in [0, 0.1) is 5.82 Å². The fraction of sp³-hybridized carbons (Fsp3) is 0. The van der Waals surface area contributed by atoms with Gasteiger partial charge in [-0.25, -0.2) is 14.9 Å². The highest BCUT2D eigenvalue weighted by atomic mass is 19.1. The predicted octanol–water partition coefficient (Wildman–Crippen LogP) is 2.21. The molecule has 16 heavy (non-hydrogen) atoms. The minimum Gasteiger partial charge on any atom is -0.396 e. The Morgan fingerprint density at radius 1 is 1.25 bits per heavy atom. The van der Waals surface area contributed by atoms with E-state index in [-0.39, 0.29) is 5.69 Å². The summed E-state index contributed by atoms with van der Waals surface area (Å²) < 4.78 is 13.1. The van der Waals surface area contributed by atoms with Crippen LogP contribution in [0.4, 0.5) is 15.9 Å². The monoisotopic (exact) mass is 219 g/mol. The fourth-order valence-corrected chi connectivity index (χ4v) is 1.11. The van der Waals surface area contributed by atoms with Gasteiger partial charge in [-0.05, 0) is 24.3 Å². The average molecular weight is 219 g/mol. The quantitative estimate of drug-likeness (QED) is 0.613. The van der Waals surface area contributed by atoms with E-state index in [0.717, 1.165) is 0 Å². The maximum absolute atomic E-state index is 13.1. The Balaban J connectivity index is 2.03. The number of benzene rings is 1. The van der Waals surface area contributed by atoms with Gasteiger partial charge in [0.25, 0.3) is 0 Å². The summed E-state index contributed by atoms with van der Waals surface area (Å²) in [7, 11) is 0. The minimum absolute atomic E-state index is 0.0881. The molecule has 0 aliphatic heterocycles. The number of nitrogen functional groups attached to an aromatic ring is 1. The van der Waals surface area contributed by atoms with E-state index >= 15 is 0 Å². The maximum Gasteiger partial charge on any atom is 0.160 e. The van der Waals surface area contributed by atoms with Gasteiger partial charge in [0.15, 0.2) is 11.6 Å². The molecule has 5 heteroatoms. The van der Waals surface area contributed by atoms with Gasteiger partial charge < -0.3 is 10.6 Å². The third-order valence-electron chi connectivity index (χ3n) is 1.91. The number of pyridine rings is 1. The Hall–Kier alpha value is -2.30. The lowest BCUT2D eigenvalue weighted by Crippen LogP contribution is -2.06. The van der Waals surface area contributed by atoms with Crippen molar-refractivity contribution in [1.29, 1.82) is 0 Å². The van der Waals surface area contributed by atoms with E-state index in [0.29, 0.717) is 11.6 Å². The number of aromatic nitrogens is 1. The molecule has 0 spiro atoms. The van der Waals surface area contributed by atoms with Crippen LogP contribution in [0.5, 0.6) is 5.75 Å². The first-order valence-electron chi connectivity index (χ1n) is 4.64. The summed E-state index contributed by atoms with van der Waals surface area (Å²) >= 11 is 0. The van der Waals surface area contributed by atoms with Crippen molar-refractivity contribution in [1.82, 2.24) is 4.98 Å². The molecule has 3 N–H and O–H groups in total. The van der Waals surface area contributed by atoms with E-state index in [9.17, 15) is 4.39 Å². The number of nitrogens with one attached hydrogen (secondary N) is 1. The molecule has 4 nitrogen and oxygen atoms in total. The standard InChI is InChI=1S/C11H10FN3O/c12-9-7-8(4-5-10(9)13)16-15-11-3-1-2-6-14-11/h1-7H,13H2,(H,14,15). The molecular formula is C11H10FN3O. The second-order valence-electron chi connectivity index (χ2n) is 3.10. The molecule has 0 saturated carbocycles. The summed E-state index contributed by atoms with van der Waals surface area (Å²) in [5, 5.41) is 0. The van der Waals surface area contributed by atoms with Gasteiger partial charge in [0, 0.05) is 12.3 Å². The highest BCUT2D eigenvalue weighted by Gasteiger charge is 2.01. The van der Waals surface area contributed by atoms with Crippen molar-refractivity contribution >= 4 is 11.5 Å². The summed E-state index contributed by atoms with van der Waals surface area (Å²) in [4.78, 5) is 9.10. The zero-order valence-corrected chi connectivity index (χ0v) is 8.35. The molecule has 0 amide bonds. The van der Waals surface area contributed by atoms with Gasteiger partial charge in [-0.3, -0.25) is 0 Å². The fourth-order valence-electron chi connectivity index (χ4n) is 1.11. The molecular weight excluding hydrogens is 209 g/mol. The second kappa shape index (κ2) is 4.48. The van der Waals surface area contributed by atoms with E-state index in [2.05, 4.69) is 10.5 Å².